The number of alkyl carbamates (subject to hydrolysis) is 1. The molecular formula is C33H49ClN4O6. The summed E-state index contributed by atoms with van der Waals surface area (Å²) in [4.78, 5) is 40.6. The van der Waals surface area contributed by atoms with Gasteiger partial charge in [0, 0.05) is 32.6 Å². The van der Waals surface area contributed by atoms with Crippen molar-refractivity contribution in [2.24, 2.45) is 5.73 Å². The van der Waals surface area contributed by atoms with Crippen molar-refractivity contribution in [3.05, 3.63) is 71.8 Å². The highest BCUT2D eigenvalue weighted by Crippen LogP contribution is 2.15. The van der Waals surface area contributed by atoms with Gasteiger partial charge in [-0.15, -0.1) is 12.4 Å². The molecule has 2 aliphatic rings. The molecule has 0 spiro atoms. The quantitative estimate of drug-likeness (QED) is 0.367. The van der Waals surface area contributed by atoms with Gasteiger partial charge >= 0.3 is 6.09 Å². The third kappa shape index (κ3) is 12.8. The highest BCUT2D eigenvalue weighted by molar-refractivity contribution is 5.86. The van der Waals surface area contributed by atoms with Gasteiger partial charge in [0.25, 0.3) is 0 Å². The lowest BCUT2D eigenvalue weighted by atomic mass is 10.0. The van der Waals surface area contributed by atoms with Crippen molar-refractivity contribution < 1.29 is 29.3 Å². The summed E-state index contributed by atoms with van der Waals surface area (Å²) in [6.07, 6.45) is 2.20. The number of aliphatic hydroxyl groups excluding tert-OH is 2. The zero-order valence-electron chi connectivity index (χ0n) is 26.1. The number of nitrogens with zero attached hydrogens (tertiary/aromatic N) is 2. The molecule has 0 aliphatic carbocycles. The van der Waals surface area contributed by atoms with Gasteiger partial charge < -0.3 is 35.8 Å². The van der Waals surface area contributed by atoms with E-state index >= 15 is 0 Å². The molecule has 0 aromatic heterocycles. The first-order valence-corrected chi connectivity index (χ1v) is 15.2. The van der Waals surface area contributed by atoms with Crippen LogP contribution in [0.4, 0.5) is 4.79 Å². The van der Waals surface area contributed by atoms with Gasteiger partial charge in [0.2, 0.25) is 11.8 Å². The molecule has 0 bridgehead atoms. The maximum atomic E-state index is 12.9. The maximum Gasteiger partial charge on any atom is 0.408 e. The Morgan fingerprint density at radius 3 is 1.64 bits per heavy atom. The van der Waals surface area contributed by atoms with Crippen LogP contribution in [0.2, 0.25) is 0 Å². The Hall–Kier alpha value is -3.18. The number of aliphatic hydroxyl groups is 2. The smallest absolute Gasteiger partial charge is 0.408 e. The standard InChI is InChI=1S/C19H28N2O4.C14H20N2O2.ClH/c1-19(2,3)25-18(24)20-16(13-14-7-5-4-6-8-14)17(23)21-11-9-15(22)10-12-21;15-13(10-11-4-2-1-3-5-11)14(18)16-8-6-12(17)7-9-16;/h4-8,15-16,22H,9-13H2,1-3H3,(H,20,24);1-5,12-13,17H,6-10,15H2;1H/t16-;13-;/m11./s1. The summed E-state index contributed by atoms with van der Waals surface area (Å²) in [5.41, 5.74) is 7.38. The van der Waals surface area contributed by atoms with E-state index in [1.54, 1.807) is 30.6 Å². The SMILES string of the molecule is CC(C)(C)OC(=O)N[C@H](Cc1ccccc1)C(=O)N1CCC(O)CC1.Cl.N[C@H](Cc1ccccc1)C(=O)N1CCC(O)CC1. The van der Waals surface area contributed by atoms with Gasteiger partial charge in [0.15, 0.2) is 0 Å². The van der Waals surface area contributed by atoms with Crippen LogP contribution in [-0.4, -0.2) is 94.0 Å². The number of nitrogens with one attached hydrogen (secondary N) is 1. The van der Waals surface area contributed by atoms with Gasteiger partial charge in [-0.1, -0.05) is 60.7 Å². The topological polar surface area (TPSA) is 145 Å². The summed E-state index contributed by atoms with van der Waals surface area (Å²) in [5.74, 6) is -0.146. The molecule has 44 heavy (non-hydrogen) atoms. The summed E-state index contributed by atoms with van der Waals surface area (Å²) < 4.78 is 5.30. The van der Waals surface area contributed by atoms with E-state index in [0.29, 0.717) is 64.7 Å². The number of benzene rings is 2. The second-order valence-electron chi connectivity index (χ2n) is 12.3. The number of hydrogen-bond donors (Lipinski definition) is 4. The lowest BCUT2D eigenvalue weighted by Crippen LogP contribution is -2.52. The van der Waals surface area contributed by atoms with Gasteiger partial charge in [0.1, 0.15) is 11.6 Å². The second-order valence-corrected chi connectivity index (χ2v) is 12.3. The fourth-order valence-electron chi connectivity index (χ4n) is 5.08. The highest BCUT2D eigenvalue weighted by atomic mass is 35.5. The molecule has 2 atom stereocenters. The Morgan fingerprint density at radius 1 is 0.795 bits per heavy atom. The Bertz CT molecular complexity index is 1150. The van der Waals surface area contributed by atoms with Crippen molar-refractivity contribution in [2.45, 2.75) is 89.2 Å². The van der Waals surface area contributed by atoms with Crippen molar-refractivity contribution in [1.29, 1.82) is 0 Å². The Balaban J connectivity index is 0.000000315. The second kappa shape index (κ2) is 17.9. The van der Waals surface area contributed by atoms with Gasteiger partial charge in [-0.2, -0.15) is 0 Å². The minimum atomic E-state index is -0.688. The number of likely N-dealkylation sites (tertiary alicyclic amines) is 2. The Morgan fingerprint density at radius 2 is 1.20 bits per heavy atom. The minimum absolute atomic E-state index is 0. The van der Waals surface area contributed by atoms with Crippen molar-refractivity contribution in [2.75, 3.05) is 26.2 Å². The van der Waals surface area contributed by atoms with Crippen LogP contribution in [0, 0.1) is 0 Å². The van der Waals surface area contributed by atoms with Crippen LogP contribution >= 0.6 is 12.4 Å². The minimum Gasteiger partial charge on any atom is -0.444 e. The molecule has 244 valence electrons. The fraction of sp³-hybridized carbons (Fsp3) is 0.545. The molecule has 2 saturated heterocycles. The van der Waals surface area contributed by atoms with Crippen LogP contribution in [0.15, 0.2) is 60.7 Å². The summed E-state index contributed by atoms with van der Waals surface area (Å²) >= 11 is 0. The molecule has 2 aromatic rings. The van der Waals surface area contributed by atoms with Crippen molar-refractivity contribution in [3.8, 4) is 0 Å². The molecule has 2 heterocycles. The van der Waals surface area contributed by atoms with Crippen LogP contribution < -0.4 is 11.1 Å². The molecule has 0 unspecified atom stereocenters. The van der Waals surface area contributed by atoms with E-state index < -0.39 is 23.8 Å². The van der Waals surface area contributed by atoms with Gasteiger partial charge in [-0.05, 0) is 64.0 Å². The molecule has 0 saturated carbocycles. The summed E-state index contributed by atoms with van der Waals surface area (Å²) in [7, 11) is 0. The third-order valence-corrected chi connectivity index (χ3v) is 7.44. The zero-order valence-corrected chi connectivity index (χ0v) is 26.9. The van der Waals surface area contributed by atoms with E-state index in [1.807, 2.05) is 60.7 Å². The maximum absolute atomic E-state index is 12.9. The monoisotopic (exact) mass is 632 g/mol. The van der Waals surface area contributed by atoms with E-state index in [1.165, 1.54) is 0 Å². The van der Waals surface area contributed by atoms with Crippen molar-refractivity contribution in [1.82, 2.24) is 15.1 Å². The van der Waals surface area contributed by atoms with E-state index in [0.717, 1.165) is 11.1 Å². The highest BCUT2D eigenvalue weighted by Gasteiger charge is 2.30. The fourth-order valence-corrected chi connectivity index (χ4v) is 5.08. The molecule has 2 aromatic carbocycles. The average molecular weight is 633 g/mol. The largest absolute Gasteiger partial charge is 0.444 e. The predicted octanol–water partition coefficient (Wildman–Crippen LogP) is 3.07. The first-order valence-electron chi connectivity index (χ1n) is 15.2. The molecule has 10 nitrogen and oxygen atoms in total. The number of piperidine rings is 2. The van der Waals surface area contributed by atoms with Crippen molar-refractivity contribution >= 4 is 30.3 Å². The van der Waals surface area contributed by atoms with Gasteiger partial charge in [0.05, 0.1) is 18.2 Å². The van der Waals surface area contributed by atoms with Crippen LogP contribution in [-0.2, 0) is 27.2 Å². The normalized spacial score (nSPS) is 17.3. The molecule has 11 heteroatoms. The number of rotatable bonds is 7. The summed E-state index contributed by atoms with van der Waals surface area (Å²) in [6.45, 7) is 7.58. The molecule has 2 aliphatic heterocycles. The van der Waals surface area contributed by atoms with E-state index in [9.17, 15) is 24.6 Å². The van der Waals surface area contributed by atoms with Crippen LogP contribution in [0.25, 0.3) is 0 Å². The van der Waals surface area contributed by atoms with Crippen molar-refractivity contribution in [3.63, 3.8) is 0 Å². The number of nitrogens with two attached hydrogens (primary N) is 1. The lowest BCUT2D eigenvalue weighted by molar-refractivity contribution is -0.135. The number of ether oxygens (including phenoxy) is 1. The van der Waals surface area contributed by atoms with E-state index in [2.05, 4.69) is 5.32 Å². The first kappa shape index (κ1) is 37.0. The van der Waals surface area contributed by atoms with E-state index in [-0.39, 0.29) is 36.4 Å². The van der Waals surface area contributed by atoms with Gasteiger partial charge in [-0.25, -0.2) is 4.79 Å². The summed E-state index contributed by atoms with van der Waals surface area (Å²) in [5, 5.41) is 21.8. The average Bonchev–Trinajstić information content (AvgIpc) is 2.97. The number of hydrogen-bond acceptors (Lipinski definition) is 7. The molecule has 0 radical (unpaired) electrons. The predicted molar refractivity (Wildman–Crippen MR) is 172 cm³/mol. The molecule has 5 N–H and O–H groups in total. The lowest BCUT2D eigenvalue weighted by Gasteiger charge is -2.33. The summed E-state index contributed by atoms with van der Waals surface area (Å²) in [6, 6.07) is 18.2. The molecule has 4 rings (SSSR count). The van der Waals surface area contributed by atoms with Gasteiger partial charge in [-0.3, -0.25) is 9.59 Å². The number of carbonyl (C=O) groups is 3. The molecule has 2 fully saturated rings. The third-order valence-electron chi connectivity index (χ3n) is 7.44. The van der Waals surface area contributed by atoms with Crippen LogP contribution in [0.3, 0.4) is 0 Å². The first-order chi connectivity index (χ1) is 20.4. The number of halogens is 1. The molecular weight excluding hydrogens is 584 g/mol. The Labute approximate surface area is 267 Å². The number of amides is 3. The van der Waals surface area contributed by atoms with Crippen LogP contribution in [0.1, 0.15) is 57.6 Å². The number of carbonyl (C=O) groups excluding carboxylic acids is 3. The Kier molecular flexibility index (Phi) is 15.1. The van der Waals surface area contributed by atoms with Crippen LogP contribution in [0.5, 0.6) is 0 Å². The molecule has 3 amide bonds. The van der Waals surface area contributed by atoms with E-state index in [4.69, 9.17) is 10.5 Å². The zero-order chi connectivity index (χ0) is 31.4.